The molecule has 0 aromatic heterocycles. The number of hydrogen-bond donors (Lipinski definition) is 3. The van der Waals surface area contributed by atoms with Crippen molar-refractivity contribution in [2.24, 2.45) is 0 Å². The van der Waals surface area contributed by atoms with E-state index in [0.717, 1.165) is 122 Å². The van der Waals surface area contributed by atoms with Crippen molar-refractivity contribution < 1.29 is 58.2 Å². The molecular formula is C57H94O12. The van der Waals surface area contributed by atoms with Crippen LogP contribution < -0.4 is 0 Å². The predicted molar refractivity (Wildman–Crippen MR) is 275 cm³/mol. The van der Waals surface area contributed by atoms with Crippen LogP contribution in [0, 0.1) is 0 Å². The van der Waals surface area contributed by atoms with E-state index in [-0.39, 0.29) is 25.9 Å². The highest BCUT2D eigenvalue weighted by molar-refractivity contribution is 5.74. The summed E-state index contributed by atoms with van der Waals surface area (Å²) in [5.41, 5.74) is 0. The average Bonchev–Trinajstić information content (AvgIpc) is 3.33. The lowest BCUT2D eigenvalue weighted by Gasteiger charge is -2.40. The normalized spacial score (nSPS) is 19.2. The molecule has 12 nitrogen and oxygen atoms in total. The molecule has 0 spiro atoms. The van der Waals surface area contributed by atoms with E-state index in [1.165, 1.54) is 32.1 Å². The van der Waals surface area contributed by atoms with E-state index in [4.69, 9.17) is 23.7 Å². The highest BCUT2D eigenvalue weighted by atomic mass is 16.7. The van der Waals surface area contributed by atoms with Crippen LogP contribution in [0.5, 0.6) is 0 Å². The summed E-state index contributed by atoms with van der Waals surface area (Å²) in [5.74, 6) is -3.20. The maximum atomic E-state index is 13.1. The molecule has 69 heavy (non-hydrogen) atoms. The van der Waals surface area contributed by atoms with E-state index in [1.807, 2.05) is 0 Å². The summed E-state index contributed by atoms with van der Waals surface area (Å²) in [7, 11) is 0. The Morgan fingerprint density at radius 3 is 1.46 bits per heavy atom. The molecule has 1 heterocycles. The van der Waals surface area contributed by atoms with E-state index in [9.17, 15) is 34.5 Å². The number of allylic oxidation sites excluding steroid dienone is 12. The molecular weight excluding hydrogens is 877 g/mol. The van der Waals surface area contributed by atoms with Gasteiger partial charge < -0.3 is 39.0 Å². The molecule has 0 aliphatic carbocycles. The van der Waals surface area contributed by atoms with Crippen molar-refractivity contribution in [1.29, 1.82) is 0 Å². The predicted octanol–water partition coefficient (Wildman–Crippen LogP) is 13.0. The molecule has 6 atom stereocenters. The van der Waals surface area contributed by atoms with Crippen LogP contribution in [0.15, 0.2) is 72.9 Å². The van der Waals surface area contributed by atoms with Gasteiger partial charge >= 0.3 is 23.9 Å². The molecule has 0 aromatic rings. The second-order valence-corrected chi connectivity index (χ2v) is 18.1. The molecule has 1 saturated heterocycles. The fraction of sp³-hybridized carbons (Fsp3) is 0.719. The first-order chi connectivity index (χ1) is 33.6. The van der Waals surface area contributed by atoms with Crippen LogP contribution in [-0.2, 0) is 42.9 Å². The number of carbonyl (C=O) groups is 4. The van der Waals surface area contributed by atoms with Gasteiger partial charge in [-0.05, 0) is 103 Å². The molecule has 1 aliphatic heterocycles. The van der Waals surface area contributed by atoms with Gasteiger partial charge in [0, 0.05) is 19.3 Å². The highest BCUT2D eigenvalue weighted by Crippen LogP contribution is 2.26. The summed E-state index contributed by atoms with van der Waals surface area (Å²) in [6.07, 6.45) is 43.2. The minimum absolute atomic E-state index is 0.0386. The topological polar surface area (TPSA) is 175 Å². The van der Waals surface area contributed by atoms with Gasteiger partial charge in [0.2, 0.25) is 0 Å². The van der Waals surface area contributed by atoms with Crippen molar-refractivity contribution in [3.8, 4) is 0 Å². The van der Waals surface area contributed by atoms with E-state index >= 15 is 0 Å². The zero-order valence-electron chi connectivity index (χ0n) is 43.0. The number of aliphatic hydroxyl groups excluding tert-OH is 2. The number of esters is 3. The Morgan fingerprint density at radius 1 is 0.493 bits per heavy atom. The zero-order chi connectivity index (χ0) is 50.4. The van der Waals surface area contributed by atoms with Crippen molar-refractivity contribution in [3.05, 3.63) is 72.9 Å². The number of rotatable bonds is 44. The van der Waals surface area contributed by atoms with E-state index < -0.39 is 67.3 Å². The summed E-state index contributed by atoms with van der Waals surface area (Å²) in [5, 5.41) is 31.4. The molecule has 12 heteroatoms. The standard InChI is InChI=1S/C57H94O12/c1-4-7-10-13-16-19-22-24-25-27-30-33-36-39-42-45-51(60)68-55-53(62)52(61)54(56(63)64)69-57(55)66-47-48(67-50(59)44-41-38-35-32-28-21-18-15-12-9-6-3)46-65-49(58)43-40-37-34-31-29-26-23-20-17-14-11-8-5-2/h8,11,15-20,24-26,29,48,52-55,57,61-62H,4-7,9-10,12-14,21-23,27-28,30-47H2,1-3H3,(H,63,64)/b11-8-,18-15-,19-16-,20-17-,25-24-,29-26-. The summed E-state index contributed by atoms with van der Waals surface area (Å²) in [4.78, 5) is 50.8. The number of carboxylic acids is 1. The number of carboxylic acid groups (broad SMARTS) is 1. The van der Waals surface area contributed by atoms with Gasteiger partial charge in [0.1, 0.15) is 18.8 Å². The minimum Gasteiger partial charge on any atom is -0.479 e. The van der Waals surface area contributed by atoms with Crippen molar-refractivity contribution in [3.63, 3.8) is 0 Å². The van der Waals surface area contributed by atoms with Gasteiger partial charge in [0.15, 0.2) is 24.6 Å². The molecule has 394 valence electrons. The Morgan fingerprint density at radius 2 is 0.928 bits per heavy atom. The van der Waals surface area contributed by atoms with Crippen molar-refractivity contribution in [1.82, 2.24) is 0 Å². The SMILES string of the molecule is CC/C=C\C/C=C\C/C=C\CCCCCC(=O)OCC(COC1OC(C(=O)O)C(O)C(O)C1OC(=O)CCCCCCC/C=C\C/C=C\CCCCC)OC(=O)CCCCCCC/C=C\CCCC. The number of unbranched alkanes of at least 4 members (excludes halogenated alkanes) is 18. The zero-order valence-corrected chi connectivity index (χ0v) is 43.0. The lowest BCUT2D eigenvalue weighted by atomic mass is 9.98. The molecule has 3 N–H and O–H groups in total. The van der Waals surface area contributed by atoms with Gasteiger partial charge in [-0.3, -0.25) is 14.4 Å². The monoisotopic (exact) mass is 971 g/mol. The van der Waals surface area contributed by atoms with Gasteiger partial charge in [0.05, 0.1) is 6.61 Å². The lowest BCUT2D eigenvalue weighted by Crippen LogP contribution is -2.61. The second-order valence-electron chi connectivity index (χ2n) is 18.1. The second kappa shape index (κ2) is 45.3. The van der Waals surface area contributed by atoms with Gasteiger partial charge in [-0.25, -0.2) is 4.79 Å². The van der Waals surface area contributed by atoms with Crippen LogP contribution in [0.4, 0.5) is 0 Å². The number of carbonyl (C=O) groups excluding carboxylic acids is 3. The molecule has 0 saturated carbocycles. The number of hydrogen-bond acceptors (Lipinski definition) is 11. The third-order valence-corrected chi connectivity index (χ3v) is 11.7. The van der Waals surface area contributed by atoms with Crippen molar-refractivity contribution in [2.45, 2.75) is 250 Å². The summed E-state index contributed by atoms with van der Waals surface area (Å²) >= 11 is 0. The van der Waals surface area contributed by atoms with Crippen LogP contribution in [0.1, 0.15) is 213 Å². The van der Waals surface area contributed by atoms with Gasteiger partial charge in [0.25, 0.3) is 0 Å². The molecule has 1 rings (SSSR count). The molecule has 0 amide bonds. The maximum absolute atomic E-state index is 13.1. The number of aliphatic hydroxyl groups is 2. The maximum Gasteiger partial charge on any atom is 0.335 e. The Kier molecular flexibility index (Phi) is 41.5. The minimum atomic E-state index is -1.91. The van der Waals surface area contributed by atoms with Crippen molar-refractivity contribution in [2.75, 3.05) is 13.2 Å². The molecule has 0 aromatic carbocycles. The summed E-state index contributed by atoms with van der Waals surface area (Å²) in [6, 6.07) is 0. The van der Waals surface area contributed by atoms with Crippen LogP contribution in [-0.4, -0.2) is 89.2 Å². The van der Waals surface area contributed by atoms with Gasteiger partial charge in [-0.2, -0.15) is 0 Å². The molecule has 0 radical (unpaired) electrons. The van der Waals surface area contributed by atoms with E-state index in [2.05, 4.69) is 93.7 Å². The average molecular weight is 971 g/mol. The lowest BCUT2D eigenvalue weighted by molar-refractivity contribution is -0.301. The first-order valence-corrected chi connectivity index (χ1v) is 26.9. The van der Waals surface area contributed by atoms with Crippen molar-refractivity contribution >= 4 is 23.9 Å². The summed E-state index contributed by atoms with van der Waals surface area (Å²) < 4.78 is 28.2. The smallest absolute Gasteiger partial charge is 0.335 e. The first kappa shape index (κ1) is 63.2. The Hall–Kier alpha value is -3.84. The number of aliphatic carboxylic acids is 1. The van der Waals surface area contributed by atoms with Crippen LogP contribution in [0.25, 0.3) is 0 Å². The van der Waals surface area contributed by atoms with Gasteiger partial charge in [-0.1, -0.05) is 164 Å². The largest absolute Gasteiger partial charge is 0.479 e. The molecule has 6 unspecified atom stereocenters. The molecule has 1 fully saturated rings. The van der Waals surface area contributed by atoms with Gasteiger partial charge in [-0.15, -0.1) is 0 Å². The fourth-order valence-corrected chi connectivity index (χ4v) is 7.57. The first-order valence-electron chi connectivity index (χ1n) is 26.9. The third kappa shape index (κ3) is 35.8. The highest BCUT2D eigenvalue weighted by Gasteiger charge is 2.50. The Labute approximate surface area is 417 Å². The Balaban J connectivity index is 2.75. The van der Waals surface area contributed by atoms with Crippen LogP contribution in [0.2, 0.25) is 0 Å². The fourth-order valence-electron chi connectivity index (χ4n) is 7.57. The van der Waals surface area contributed by atoms with E-state index in [0.29, 0.717) is 19.3 Å². The number of ether oxygens (including phenoxy) is 5. The third-order valence-electron chi connectivity index (χ3n) is 11.7. The quantitative estimate of drug-likeness (QED) is 0.0228. The van der Waals surface area contributed by atoms with Crippen LogP contribution >= 0.6 is 0 Å². The van der Waals surface area contributed by atoms with E-state index in [1.54, 1.807) is 0 Å². The summed E-state index contributed by atoms with van der Waals surface area (Å²) in [6.45, 7) is 5.74. The molecule has 0 bridgehead atoms. The Bertz CT molecular complexity index is 1480. The molecule has 1 aliphatic rings. The van der Waals surface area contributed by atoms with Crippen LogP contribution in [0.3, 0.4) is 0 Å².